The molecule has 1 unspecified atom stereocenters. The number of Topliss-reactive ketones (excluding diaryl/α,β-unsaturated/α-hetero) is 1. The third kappa shape index (κ3) is 3.49. The van der Waals surface area contributed by atoms with Crippen molar-refractivity contribution >= 4 is 12.1 Å². The zero-order chi connectivity index (χ0) is 6.57. The number of carbonyl (C=O) groups excluding carboxylic acids is 2. The number of carbonyl (C=O) groups is 1. The van der Waals surface area contributed by atoms with Gasteiger partial charge in [0.15, 0.2) is 0 Å². The van der Waals surface area contributed by atoms with Crippen molar-refractivity contribution in [1.82, 2.24) is 0 Å². The second-order valence-corrected chi connectivity index (χ2v) is 1.54. The molecule has 8 heavy (non-hydrogen) atoms. The van der Waals surface area contributed by atoms with Crippen molar-refractivity contribution in [2.45, 2.75) is 19.4 Å². The van der Waals surface area contributed by atoms with Crippen LogP contribution in [0.4, 0.5) is 0 Å². The summed E-state index contributed by atoms with van der Waals surface area (Å²) < 4.78 is 0. The van der Waals surface area contributed by atoms with Crippen molar-refractivity contribution in [3.63, 3.8) is 0 Å². The predicted molar refractivity (Wildman–Crippen MR) is 27.0 cm³/mol. The van der Waals surface area contributed by atoms with Gasteiger partial charge in [-0.25, -0.2) is 0 Å². The van der Waals surface area contributed by atoms with Gasteiger partial charge in [-0.3, -0.25) is 9.59 Å². The molecular formula is C5H7O3. The smallest absolute Gasteiger partial charge is 0.229 e. The van der Waals surface area contributed by atoms with Crippen molar-refractivity contribution < 1.29 is 14.7 Å². The first-order valence-electron chi connectivity index (χ1n) is 2.22. The Morgan fingerprint density at radius 2 is 2.38 bits per heavy atom. The molecule has 0 heterocycles. The molecular weight excluding hydrogens is 108 g/mol. The highest BCUT2D eigenvalue weighted by Gasteiger charge is 2.04. The molecule has 1 radical (unpaired) electrons. The van der Waals surface area contributed by atoms with Crippen LogP contribution < -0.4 is 0 Å². The van der Waals surface area contributed by atoms with E-state index in [0.29, 0.717) is 0 Å². The summed E-state index contributed by atoms with van der Waals surface area (Å²) in [5.41, 5.74) is 0. The second kappa shape index (κ2) is 3.32. The molecule has 1 atom stereocenters. The lowest BCUT2D eigenvalue weighted by molar-refractivity contribution is -0.118. The number of hydrogen-bond donors (Lipinski definition) is 1. The maximum atomic E-state index is 10.1. The average molecular weight is 115 g/mol. The quantitative estimate of drug-likeness (QED) is 0.536. The molecule has 0 aliphatic carbocycles. The minimum absolute atomic E-state index is 0.122. The number of aliphatic hydroxyl groups is 1. The van der Waals surface area contributed by atoms with Crippen molar-refractivity contribution in [1.29, 1.82) is 0 Å². The third-order valence-corrected chi connectivity index (χ3v) is 0.617. The fourth-order valence-corrected chi connectivity index (χ4v) is 0.314. The van der Waals surface area contributed by atoms with Crippen molar-refractivity contribution in [2.24, 2.45) is 0 Å². The Bertz CT molecular complexity index is 97.8. The molecule has 3 heteroatoms. The van der Waals surface area contributed by atoms with Gasteiger partial charge in [0.1, 0.15) is 11.9 Å². The molecule has 45 valence electrons. The maximum Gasteiger partial charge on any atom is 0.229 e. The number of aliphatic hydroxyl groups excluding tert-OH is 1. The fourth-order valence-electron chi connectivity index (χ4n) is 0.314. The molecule has 0 aliphatic rings. The third-order valence-electron chi connectivity index (χ3n) is 0.617. The molecule has 0 saturated heterocycles. The minimum Gasteiger partial charge on any atom is -0.384 e. The van der Waals surface area contributed by atoms with E-state index in [0.717, 1.165) is 0 Å². The Morgan fingerprint density at radius 3 is 2.50 bits per heavy atom. The van der Waals surface area contributed by atoms with Gasteiger partial charge in [0.2, 0.25) is 6.29 Å². The molecule has 0 rings (SSSR count). The van der Waals surface area contributed by atoms with Gasteiger partial charge in [0, 0.05) is 6.42 Å². The normalized spacial score (nSPS) is 12.8. The van der Waals surface area contributed by atoms with Crippen LogP contribution in [0.5, 0.6) is 0 Å². The van der Waals surface area contributed by atoms with Gasteiger partial charge < -0.3 is 5.11 Å². The second-order valence-electron chi connectivity index (χ2n) is 1.54. The number of rotatable bonds is 3. The standard InChI is InChI=1S/C5H7O3/c1-4(7)2-5(8)3-6/h5,8H,2H2,1H3. The maximum absolute atomic E-state index is 10.1. The first-order chi connectivity index (χ1) is 3.66. The van der Waals surface area contributed by atoms with Gasteiger partial charge >= 0.3 is 0 Å². The molecule has 1 N–H and O–H groups in total. The predicted octanol–water partition coefficient (Wildman–Crippen LogP) is -0.564. The van der Waals surface area contributed by atoms with Gasteiger partial charge in [0.25, 0.3) is 0 Å². The summed E-state index contributed by atoms with van der Waals surface area (Å²) in [6.07, 6.45) is -0.0697. The van der Waals surface area contributed by atoms with Gasteiger partial charge in [-0.1, -0.05) is 0 Å². The summed E-state index contributed by atoms with van der Waals surface area (Å²) in [6, 6.07) is 0. The van der Waals surface area contributed by atoms with Crippen LogP contribution in [-0.2, 0) is 9.59 Å². The van der Waals surface area contributed by atoms with E-state index in [2.05, 4.69) is 0 Å². The molecule has 0 saturated carbocycles. The largest absolute Gasteiger partial charge is 0.384 e. The zero-order valence-electron chi connectivity index (χ0n) is 4.55. The summed E-state index contributed by atoms with van der Waals surface area (Å²) in [7, 11) is 0. The topological polar surface area (TPSA) is 54.4 Å². The fraction of sp³-hybridized carbons (Fsp3) is 0.600. The van der Waals surface area contributed by atoms with Gasteiger partial charge in [-0.2, -0.15) is 0 Å². The molecule has 0 aliphatic heterocycles. The Kier molecular flexibility index (Phi) is 3.03. The van der Waals surface area contributed by atoms with Gasteiger partial charge in [0.05, 0.1) is 0 Å². The van der Waals surface area contributed by atoms with Crippen LogP contribution in [0, 0.1) is 0 Å². The molecule has 0 spiro atoms. The van der Waals surface area contributed by atoms with Crippen LogP contribution in [0.3, 0.4) is 0 Å². The van der Waals surface area contributed by atoms with E-state index in [-0.39, 0.29) is 12.2 Å². The van der Waals surface area contributed by atoms with E-state index in [4.69, 9.17) is 5.11 Å². The first kappa shape index (κ1) is 7.30. The highest BCUT2D eigenvalue weighted by atomic mass is 16.3. The molecule has 3 nitrogen and oxygen atoms in total. The molecule has 0 aromatic carbocycles. The average Bonchev–Trinajstić information content (AvgIpc) is 1.65. The molecule has 0 bridgehead atoms. The zero-order valence-corrected chi connectivity index (χ0v) is 4.55. The summed E-state index contributed by atoms with van der Waals surface area (Å²) in [5, 5.41) is 8.38. The summed E-state index contributed by atoms with van der Waals surface area (Å²) in [4.78, 5) is 19.6. The molecule has 0 aromatic rings. The number of ketones is 1. The van der Waals surface area contributed by atoms with Crippen LogP contribution >= 0.6 is 0 Å². The van der Waals surface area contributed by atoms with E-state index in [1.54, 1.807) is 0 Å². The van der Waals surface area contributed by atoms with E-state index in [9.17, 15) is 9.59 Å². The summed E-state index contributed by atoms with van der Waals surface area (Å²) in [6.45, 7) is 1.31. The van der Waals surface area contributed by atoms with Crippen LogP contribution in [0.15, 0.2) is 0 Å². The van der Waals surface area contributed by atoms with E-state index < -0.39 is 6.10 Å². The van der Waals surface area contributed by atoms with Crippen LogP contribution in [0.2, 0.25) is 0 Å². The monoisotopic (exact) mass is 115 g/mol. The summed E-state index contributed by atoms with van der Waals surface area (Å²) >= 11 is 0. The molecule has 0 amide bonds. The van der Waals surface area contributed by atoms with E-state index in [1.165, 1.54) is 13.2 Å². The Morgan fingerprint density at radius 1 is 1.88 bits per heavy atom. The molecule has 0 fully saturated rings. The van der Waals surface area contributed by atoms with E-state index >= 15 is 0 Å². The van der Waals surface area contributed by atoms with Crippen LogP contribution in [0.25, 0.3) is 0 Å². The Hall–Kier alpha value is -0.700. The summed E-state index contributed by atoms with van der Waals surface area (Å²) in [5.74, 6) is -0.208. The van der Waals surface area contributed by atoms with Gasteiger partial charge in [-0.15, -0.1) is 0 Å². The van der Waals surface area contributed by atoms with Crippen molar-refractivity contribution in [3.05, 3.63) is 0 Å². The first-order valence-corrected chi connectivity index (χ1v) is 2.22. The SMILES string of the molecule is CC(=O)CC(O)[C]=O. The lowest BCUT2D eigenvalue weighted by Gasteiger charge is -1.93. The van der Waals surface area contributed by atoms with E-state index in [1.807, 2.05) is 0 Å². The Labute approximate surface area is 47.3 Å². The highest BCUT2D eigenvalue weighted by Crippen LogP contribution is 1.86. The lowest BCUT2D eigenvalue weighted by Crippen LogP contribution is -2.11. The van der Waals surface area contributed by atoms with Crippen LogP contribution in [-0.4, -0.2) is 23.3 Å². The lowest BCUT2D eigenvalue weighted by atomic mass is 10.2. The molecule has 0 aromatic heterocycles. The van der Waals surface area contributed by atoms with Crippen molar-refractivity contribution in [2.75, 3.05) is 0 Å². The Balaban J connectivity index is 3.38. The van der Waals surface area contributed by atoms with Gasteiger partial charge in [-0.05, 0) is 6.92 Å². The minimum atomic E-state index is -1.23. The van der Waals surface area contributed by atoms with Crippen molar-refractivity contribution in [3.8, 4) is 0 Å². The van der Waals surface area contributed by atoms with Crippen LogP contribution in [0.1, 0.15) is 13.3 Å². The highest BCUT2D eigenvalue weighted by molar-refractivity contribution is 5.79. The number of hydrogen-bond acceptors (Lipinski definition) is 3.